The molecule has 1 aromatic rings. The molecule has 0 bridgehead atoms. The summed E-state index contributed by atoms with van der Waals surface area (Å²) < 4.78 is 0. The molecule has 0 amide bonds. The maximum absolute atomic E-state index is 4.02. The lowest BCUT2D eigenvalue weighted by Gasteiger charge is -2.20. The molecule has 0 atom stereocenters. The zero-order chi connectivity index (χ0) is 11.4. The molecule has 1 heterocycles. The maximum Gasteiger partial charge on any atom is 0.0573 e. The topological polar surface area (TPSA) is 15.3 Å². The second-order valence-corrected chi connectivity index (χ2v) is 4.05. The number of benzene rings is 1. The average molecular weight is 214 g/mol. The van der Waals surface area contributed by atoms with E-state index in [1.54, 1.807) is 0 Å². The average Bonchev–Trinajstić information content (AvgIpc) is 2.70. The van der Waals surface area contributed by atoms with Crippen LogP contribution < -0.4 is 10.2 Å². The fourth-order valence-corrected chi connectivity index (χ4v) is 2.05. The van der Waals surface area contributed by atoms with Gasteiger partial charge in [-0.1, -0.05) is 30.9 Å². The Morgan fingerprint density at radius 2 is 2.31 bits per heavy atom. The highest BCUT2D eigenvalue weighted by Crippen LogP contribution is 2.27. The second kappa shape index (κ2) is 4.88. The summed E-state index contributed by atoms with van der Waals surface area (Å²) in [6.07, 6.45) is 5.04. The first-order valence-electron chi connectivity index (χ1n) is 5.69. The maximum atomic E-state index is 4.02. The second-order valence-electron chi connectivity index (χ2n) is 4.05. The molecule has 0 spiro atoms. The molecule has 0 unspecified atom stereocenters. The number of hydrogen-bond donors (Lipinski definition) is 1. The van der Waals surface area contributed by atoms with Crippen molar-refractivity contribution < 1.29 is 0 Å². The lowest BCUT2D eigenvalue weighted by molar-refractivity contribution is 0.844. The van der Waals surface area contributed by atoms with Gasteiger partial charge in [0.05, 0.1) is 6.54 Å². The van der Waals surface area contributed by atoms with E-state index in [0.29, 0.717) is 0 Å². The molecular weight excluding hydrogens is 196 g/mol. The molecule has 0 saturated heterocycles. The summed E-state index contributed by atoms with van der Waals surface area (Å²) in [5.74, 6) is 0. The van der Waals surface area contributed by atoms with Crippen LogP contribution >= 0.6 is 0 Å². The highest BCUT2D eigenvalue weighted by molar-refractivity contribution is 5.58. The minimum Gasteiger partial charge on any atom is -0.365 e. The van der Waals surface area contributed by atoms with Crippen molar-refractivity contribution >= 4 is 5.69 Å². The molecule has 0 saturated carbocycles. The van der Waals surface area contributed by atoms with Crippen LogP contribution in [0.15, 0.2) is 48.8 Å². The van der Waals surface area contributed by atoms with Crippen molar-refractivity contribution in [3.8, 4) is 0 Å². The Balaban J connectivity index is 2.00. The molecule has 84 valence electrons. The Kier molecular flexibility index (Phi) is 3.30. The van der Waals surface area contributed by atoms with Gasteiger partial charge in [0.2, 0.25) is 0 Å². The number of nitrogens with one attached hydrogen (secondary N) is 1. The molecule has 0 aromatic heterocycles. The summed E-state index contributed by atoms with van der Waals surface area (Å²) in [5.41, 5.74) is 3.84. The van der Waals surface area contributed by atoms with E-state index in [1.165, 1.54) is 11.3 Å². The van der Waals surface area contributed by atoms with E-state index < -0.39 is 0 Å². The van der Waals surface area contributed by atoms with Crippen LogP contribution in [0.4, 0.5) is 5.69 Å². The Bertz CT molecular complexity index is 407. The number of hydrogen-bond acceptors (Lipinski definition) is 2. The van der Waals surface area contributed by atoms with Crippen molar-refractivity contribution in [1.29, 1.82) is 0 Å². The van der Waals surface area contributed by atoms with Gasteiger partial charge in [-0.25, -0.2) is 0 Å². The number of rotatable bonds is 4. The fourth-order valence-electron chi connectivity index (χ4n) is 2.05. The van der Waals surface area contributed by atoms with Gasteiger partial charge in [0.25, 0.3) is 0 Å². The number of nitrogens with zero attached hydrogens (tertiary/aromatic N) is 1. The smallest absolute Gasteiger partial charge is 0.0573 e. The molecule has 1 aromatic carbocycles. The van der Waals surface area contributed by atoms with Crippen molar-refractivity contribution in [2.45, 2.75) is 13.3 Å². The van der Waals surface area contributed by atoms with Crippen molar-refractivity contribution in [2.75, 3.05) is 18.0 Å². The van der Waals surface area contributed by atoms with Crippen LogP contribution in [0.2, 0.25) is 0 Å². The summed E-state index contributed by atoms with van der Waals surface area (Å²) in [4.78, 5) is 2.37. The molecule has 1 aliphatic rings. The van der Waals surface area contributed by atoms with Gasteiger partial charge in [-0.3, -0.25) is 0 Å². The Labute approximate surface area is 97.3 Å². The molecule has 2 heteroatoms. The van der Waals surface area contributed by atoms with E-state index in [4.69, 9.17) is 0 Å². The van der Waals surface area contributed by atoms with Crippen LogP contribution in [-0.4, -0.2) is 13.1 Å². The molecule has 1 N–H and O–H groups in total. The zero-order valence-corrected chi connectivity index (χ0v) is 9.74. The van der Waals surface area contributed by atoms with Crippen molar-refractivity contribution in [3.63, 3.8) is 0 Å². The Morgan fingerprint density at radius 3 is 3.12 bits per heavy atom. The zero-order valence-electron chi connectivity index (χ0n) is 9.74. The number of allylic oxidation sites excluding steroid dienone is 1. The van der Waals surface area contributed by atoms with Crippen LogP contribution in [-0.2, 0) is 6.42 Å². The summed E-state index contributed by atoms with van der Waals surface area (Å²) >= 11 is 0. The molecule has 2 nitrogen and oxygen atoms in total. The standard InChI is InChI=1S/C14H18N2/c1-3-9-15-12(2)11-16-10-8-13-6-4-5-7-14(13)16/h3-7,9,15H,2,8,10-11H2,1H3/b9-3-. The van der Waals surface area contributed by atoms with E-state index >= 15 is 0 Å². The van der Waals surface area contributed by atoms with Crippen molar-refractivity contribution in [1.82, 2.24) is 5.32 Å². The van der Waals surface area contributed by atoms with E-state index in [1.807, 2.05) is 19.2 Å². The summed E-state index contributed by atoms with van der Waals surface area (Å²) in [7, 11) is 0. The molecule has 0 fully saturated rings. The van der Waals surface area contributed by atoms with E-state index in [2.05, 4.69) is 41.1 Å². The van der Waals surface area contributed by atoms with Gasteiger partial charge in [-0.2, -0.15) is 0 Å². The lowest BCUT2D eigenvalue weighted by atomic mass is 10.2. The van der Waals surface area contributed by atoms with Crippen LogP contribution in [0, 0.1) is 0 Å². The first-order chi connectivity index (χ1) is 7.81. The van der Waals surface area contributed by atoms with Gasteiger partial charge in [0, 0.05) is 17.9 Å². The summed E-state index contributed by atoms with van der Waals surface area (Å²) in [5, 5.41) is 3.17. The van der Waals surface area contributed by atoms with Crippen LogP contribution in [0.3, 0.4) is 0 Å². The van der Waals surface area contributed by atoms with Gasteiger partial charge in [0.15, 0.2) is 0 Å². The summed E-state index contributed by atoms with van der Waals surface area (Å²) in [6, 6.07) is 8.59. The summed E-state index contributed by atoms with van der Waals surface area (Å²) in [6.45, 7) is 7.99. The highest BCUT2D eigenvalue weighted by Gasteiger charge is 2.17. The quantitative estimate of drug-likeness (QED) is 0.829. The van der Waals surface area contributed by atoms with Crippen molar-refractivity contribution in [2.24, 2.45) is 0 Å². The molecule has 1 aliphatic heterocycles. The van der Waals surface area contributed by atoms with Gasteiger partial charge < -0.3 is 10.2 Å². The van der Waals surface area contributed by atoms with Gasteiger partial charge in [-0.05, 0) is 31.2 Å². The first kappa shape index (κ1) is 10.8. The van der Waals surface area contributed by atoms with Crippen LogP contribution in [0.1, 0.15) is 12.5 Å². The van der Waals surface area contributed by atoms with E-state index in [9.17, 15) is 0 Å². The predicted molar refractivity (Wildman–Crippen MR) is 69.4 cm³/mol. The highest BCUT2D eigenvalue weighted by atomic mass is 15.2. The minimum atomic E-state index is 0.876. The molecule has 0 aliphatic carbocycles. The normalized spacial score (nSPS) is 14.2. The third kappa shape index (κ3) is 2.27. The monoisotopic (exact) mass is 214 g/mol. The van der Waals surface area contributed by atoms with Gasteiger partial charge in [0.1, 0.15) is 0 Å². The lowest BCUT2D eigenvalue weighted by Crippen LogP contribution is -2.26. The Morgan fingerprint density at radius 1 is 1.50 bits per heavy atom. The van der Waals surface area contributed by atoms with E-state index in [-0.39, 0.29) is 0 Å². The fraction of sp³-hybridized carbons (Fsp3) is 0.286. The van der Waals surface area contributed by atoms with E-state index in [0.717, 1.165) is 25.2 Å². The molecular formula is C14H18N2. The van der Waals surface area contributed by atoms with Crippen LogP contribution in [0.25, 0.3) is 0 Å². The Hall–Kier alpha value is -1.70. The first-order valence-corrected chi connectivity index (χ1v) is 5.69. The SMILES string of the molecule is C=C(CN1CCc2ccccc21)N/C=C\C. The predicted octanol–water partition coefficient (Wildman–Crippen LogP) is 2.69. The minimum absolute atomic E-state index is 0.876. The number of para-hydroxylation sites is 1. The van der Waals surface area contributed by atoms with Gasteiger partial charge >= 0.3 is 0 Å². The molecule has 0 radical (unpaired) electrons. The third-order valence-corrected chi connectivity index (χ3v) is 2.82. The van der Waals surface area contributed by atoms with Crippen LogP contribution in [0.5, 0.6) is 0 Å². The van der Waals surface area contributed by atoms with Crippen molar-refractivity contribution in [3.05, 3.63) is 54.4 Å². The molecule has 16 heavy (non-hydrogen) atoms. The number of fused-ring (bicyclic) bond motifs is 1. The molecule has 2 rings (SSSR count). The number of anilines is 1. The largest absolute Gasteiger partial charge is 0.365 e. The van der Waals surface area contributed by atoms with Gasteiger partial charge in [-0.15, -0.1) is 0 Å². The third-order valence-electron chi connectivity index (χ3n) is 2.82.